The minimum atomic E-state index is 0.0679. The molecule has 0 unspecified atom stereocenters. The van der Waals surface area contributed by atoms with E-state index in [4.69, 9.17) is 0 Å². The number of aromatic nitrogens is 1. The summed E-state index contributed by atoms with van der Waals surface area (Å²) in [6.45, 7) is 4.66. The van der Waals surface area contributed by atoms with Crippen LogP contribution in [0.25, 0.3) is 32.9 Å². The second kappa shape index (κ2) is 3.80. The zero-order valence-electron chi connectivity index (χ0n) is 12.8. The summed E-state index contributed by atoms with van der Waals surface area (Å²) in [6, 6.07) is 22.0. The minimum absolute atomic E-state index is 0.0679. The number of para-hydroxylation sites is 1. The van der Waals surface area contributed by atoms with Crippen LogP contribution in [0, 0.1) is 0 Å². The third-order valence-electron chi connectivity index (χ3n) is 5.21. The molecule has 3 aromatic carbocycles. The zero-order valence-corrected chi connectivity index (χ0v) is 12.8. The highest BCUT2D eigenvalue weighted by molar-refractivity contribution is 6.16. The highest BCUT2D eigenvalue weighted by Crippen LogP contribution is 2.52. The van der Waals surface area contributed by atoms with Crippen LogP contribution < -0.4 is 0 Å². The van der Waals surface area contributed by atoms with E-state index in [1.54, 1.807) is 0 Å². The Morgan fingerprint density at radius 2 is 1.50 bits per heavy atom. The first kappa shape index (κ1) is 12.0. The largest absolute Gasteiger partial charge is 0.354 e. The quantitative estimate of drug-likeness (QED) is 0.430. The van der Waals surface area contributed by atoms with Crippen molar-refractivity contribution in [1.29, 1.82) is 0 Å². The molecule has 0 bridgehead atoms. The summed E-state index contributed by atoms with van der Waals surface area (Å²) in [5.74, 6) is 0. The third kappa shape index (κ3) is 1.29. The summed E-state index contributed by atoms with van der Waals surface area (Å²) in [5.41, 5.74) is 8.18. The molecule has 1 nitrogen and oxygen atoms in total. The molecule has 5 rings (SSSR count). The zero-order chi connectivity index (χ0) is 14.9. The molecule has 106 valence electrons. The van der Waals surface area contributed by atoms with Crippen LogP contribution in [0.15, 0.2) is 60.7 Å². The van der Waals surface area contributed by atoms with E-state index in [1.165, 1.54) is 44.1 Å². The lowest BCUT2D eigenvalue weighted by molar-refractivity contribution is 0.661. The lowest BCUT2D eigenvalue weighted by Gasteiger charge is -2.21. The van der Waals surface area contributed by atoms with Gasteiger partial charge in [0.15, 0.2) is 0 Å². The summed E-state index contributed by atoms with van der Waals surface area (Å²) in [6.07, 6.45) is 0. The molecule has 4 aromatic rings. The van der Waals surface area contributed by atoms with Gasteiger partial charge in [-0.1, -0.05) is 62.4 Å². The van der Waals surface area contributed by atoms with Crippen LogP contribution in [0.3, 0.4) is 0 Å². The van der Waals surface area contributed by atoms with Crippen LogP contribution in [0.5, 0.6) is 0 Å². The van der Waals surface area contributed by atoms with Gasteiger partial charge in [0.1, 0.15) is 0 Å². The van der Waals surface area contributed by atoms with Gasteiger partial charge in [0.25, 0.3) is 0 Å². The molecule has 0 aliphatic heterocycles. The van der Waals surface area contributed by atoms with E-state index >= 15 is 0 Å². The first-order valence-electron chi connectivity index (χ1n) is 7.82. The number of H-pyrrole nitrogens is 1. The maximum absolute atomic E-state index is 3.57. The summed E-state index contributed by atoms with van der Waals surface area (Å²) in [4.78, 5) is 3.57. The second-order valence-corrected chi connectivity index (χ2v) is 6.75. The number of nitrogens with one attached hydrogen (secondary N) is 1. The van der Waals surface area contributed by atoms with Crippen molar-refractivity contribution in [2.45, 2.75) is 19.3 Å². The highest BCUT2D eigenvalue weighted by Gasteiger charge is 2.36. The van der Waals surface area contributed by atoms with Gasteiger partial charge in [0.2, 0.25) is 0 Å². The molecular weight excluding hydrogens is 266 g/mol. The predicted molar refractivity (Wildman–Crippen MR) is 93.4 cm³/mol. The molecule has 1 heterocycles. The standard InChI is InChI=1S/C21H17N/c1-21(2)15-9-5-3-7-13(15)19-16(21)11-12-18-20(19)14-8-4-6-10-17(14)22-18/h3-12,22H,1-2H3. The molecule has 1 aliphatic rings. The monoisotopic (exact) mass is 283 g/mol. The van der Waals surface area contributed by atoms with E-state index in [0.717, 1.165) is 0 Å². The van der Waals surface area contributed by atoms with Gasteiger partial charge in [-0.25, -0.2) is 0 Å². The van der Waals surface area contributed by atoms with Crippen LogP contribution in [0.2, 0.25) is 0 Å². The van der Waals surface area contributed by atoms with Crippen molar-refractivity contribution < 1.29 is 0 Å². The molecule has 1 aromatic heterocycles. The van der Waals surface area contributed by atoms with Crippen molar-refractivity contribution in [3.05, 3.63) is 71.8 Å². The Morgan fingerprint density at radius 3 is 2.41 bits per heavy atom. The first-order chi connectivity index (χ1) is 10.7. The molecule has 0 saturated heterocycles. The van der Waals surface area contributed by atoms with Crippen molar-refractivity contribution in [2.24, 2.45) is 0 Å². The van der Waals surface area contributed by atoms with Crippen LogP contribution >= 0.6 is 0 Å². The fraction of sp³-hybridized carbons (Fsp3) is 0.143. The van der Waals surface area contributed by atoms with Crippen LogP contribution in [0.4, 0.5) is 0 Å². The van der Waals surface area contributed by atoms with Crippen molar-refractivity contribution in [3.63, 3.8) is 0 Å². The molecule has 0 spiro atoms. The molecule has 0 saturated carbocycles. The molecule has 1 aliphatic carbocycles. The Balaban J connectivity index is 2.06. The van der Waals surface area contributed by atoms with E-state index < -0.39 is 0 Å². The fourth-order valence-electron chi connectivity index (χ4n) is 4.13. The van der Waals surface area contributed by atoms with Crippen LogP contribution in [-0.2, 0) is 5.41 Å². The number of rotatable bonds is 0. The average Bonchev–Trinajstić information content (AvgIpc) is 3.02. The van der Waals surface area contributed by atoms with Crippen molar-refractivity contribution >= 4 is 21.8 Å². The predicted octanol–water partition coefficient (Wildman–Crippen LogP) is 5.63. The summed E-state index contributed by atoms with van der Waals surface area (Å²) >= 11 is 0. The number of hydrogen-bond acceptors (Lipinski definition) is 0. The van der Waals surface area contributed by atoms with Crippen molar-refractivity contribution in [2.75, 3.05) is 0 Å². The van der Waals surface area contributed by atoms with E-state index in [-0.39, 0.29) is 5.41 Å². The van der Waals surface area contributed by atoms with Gasteiger partial charge < -0.3 is 4.98 Å². The Labute approximate surface area is 129 Å². The van der Waals surface area contributed by atoms with E-state index in [2.05, 4.69) is 79.5 Å². The molecule has 0 fully saturated rings. The molecule has 0 amide bonds. The second-order valence-electron chi connectivity index (χ2n) is 6.75. The number of fused-ring (bicyclic) bond motifs is 7. The smallest absolute Gasteiger partial charge is 0.0471 e. The topological polar surface area (TPSA) is 15.8 Å². The minimum Gasteiger partial charge on any atom is -0.354 e. The normalized spacial score (nSPS) is 15.2. The van der Waals surface area contributed by atoms with Crippen LogP contribution in [0.1, 0.15) is 25.0 Å². The van der Waals surface area contributed by atoms with Crippen LogP contribution in [-0.4, -0.2) is 4.98 Å². The molecule has 1 N–H and O–H groups in total. The molecular formula is C21H17N. The van der Waals surface area contributed by atoms with Gasteiger partial charge >= 0.3 is 0 Å². The molecule has 0 radical (unpaired) electrons. The Bertz CT molecular complexity index is 1050. The fourth-order valence-corrected chi connectivity index (χ4v) is 4.13. The number of benzene rings is 3. The number of hydrogen-bond donors (Lipinski definition) is 1. The lowest BCUT2D eigenvalue weighted by Crippen LogP contribution is -2.14. The van der Waals surface area contributed by atoms with Gasteiger partial charge in [0, 0.05) is 27.2 Å². The van der Waals surface area contributed by atoms with E-state index in [9.17, 15) is 0 Å². The van der Waals surface area contributed by atoms with E-state index in [1.807, 2.05) is 0 Å². The molecule has 1 heteroatoms. The maximum Gasteiger partial charge on any atom is 0.0471 e. The Hall–Kier alpha value is -2.54. The molecule has 22 heavy (non-hydrogen) atoms. The van der Waals surface area contributed by atoms with E-state index in [0.29, 0.717) is 0 Å². The van der Waals surface area contributed by atoms with Gasteiger partial charge in [-0.3, -0.25) is 0 Å². The highest BCUT2D eigenvalue weighted by atomic mass is 14.7. The van der Waals surface area contributed by atoms with Gasteiger partial charge in [-0.15, -0.1) is 0 Å². The third-order valence-corrected chi connectivity index (χ3v) is 5.21. The van der Waals surface area contributed by atoms with Crippen molar-refractivity contribution in [1.82, 2.24) is 4.98 Å². The lowest BCUT2D eigenvalue weighted by atomic mass is 9.82. The van der Waals surface area contributed by atoms with Gasteiger partial charge in [-0.05, 0) is 34.4 Å². The average molecular weight is 283 g/mol. The summed E-state index contributed by atoms with van der Waals surface area (Å²) in [7, 11) is 0. The Kier molecular flexibility index (Phi) is 2.08. The Morgan fingerprint density at radius 1 is 0.727 bits per heavy atom. The maximum atomic E-state index is 3.57. The molecule has 0 atom stereocenters. The number of aromatic amines is 1. The van der Waals surface area contributed by atoms with Crippen molar-refractivity contribution in [3.8, 4) is 11.1 Å². The SMILES string of the molecule is CC1(C)c2ccccc2-c2c1ccc1[nH]c3ccccc3c21. The van der Waals surface area contributed by atoms with Gasteiger partial charge in [-0.2, -0.15) is 0 Å². The van der Waals surface area contributed by atoms with Gasteiger partial charge in [0.05, 0.1) is 0 Å². The summed E-state index contributed by atoms with van der Waals surface area (Å²) < 4.78 is 0. The summed E-state index contributed by atoms with van der Waals surface area (Å²) in [5, 5.41) is 2.69. The first-order valence-corrected chi connectivity index (χ1v) is 7.82.